The van der Waals surface area contributed by atoms with Gasteiger partial charge in [0, 0.05) is 16.1 Å². The van der Waals surface area contributed by atoms with E-state index in [-0.39, 0.29) is 0 Å². The van der Waals surface area contributed by atoms with Crippen LogP contribution in [-0.2, 0) is 6.61 Å². The van der Waals surface area contributed by atoms with Crippen molar-refractivity contribution in [2.75, 3.05) is 0 Å². The van der Waals surface area contributed by atoms with Gasteiger partial charge < -0.3 is 4.74 Å². The molecule has 4 aromatic rings. The van der Waals surface area contributed by atoms with Crippen molar-refractivity contribution < 1.29 is 4.74 Å². The number of hydrogen-bond acceptors (Lipinski definition) is 3. The molecular weight excluding hydrogens is 392 g/mol. The lowest BCUT2D eigenvalue weighted by molar-refractivity contribution is 0.293. The van der Waals surface area contributed by atoms with E-state index in [1.807, 2.05) is 91.9 Å². The van der Waals surface area contributed by atoms with E-state index >= 15 is 0 Å². The fourth-order valence-electron chi connectivity index (χ4n) is 3.19. The molecule has 1 heterocycles. The molecule has 0 aliphatic rings. The zero-order valence-electron chi connectivity index (χ0n) is 16.5. The lowest BCUT2D eigenvalue weighted by Crippen LogP contribution is -2.02. The lowest BCUT2D eigenvalue weighted by Gasteiger charge is -2.14. The van der Waals surface area contributed by atoms with Crippen LogP contribution < -0.4 is 4.74 Å². The molecule has 0 spiro atoms. The molecule has 30 heavy (non-hydrogen) atoms. The molecule has 0 fully saturated rings. The first-order valence-corrected chi connectivity index (χ1v) is 9.96. The first kappa shape index (κ1) is 19.7. The van der Waals surface area contributed by atoms with E-state index in [2.05, 4.69) is 6.07 Å². The summed E-state index contributed by atoms with van der Waals surface area (Å²) in [6.07, 6.45) is 0. The number of ether oxygens (including phenoxy) is 1. The van der Waals surface area contributed by atoms with Crippen molar-refractivity contribution in [2.24, 2.45) is 0 Å². The maximum Gasteiger partial charge on any atom is 0.233 e. The highest BCUT2D eigenvalue weighted by Crippen LogP contribution is 2.34. The molecule has 0 atom stereocenters. The van der Waals surface area contributed by atoms with Gasteiger partial charge in [-0.05, 0) is 36.2 Å². The summed E-state index contributed by atoms with van der Waals surface area (Å²) in [5, 5.41) is 10.6. The highest BCUT2D eigenvalue weighted by Gasteiger charge is 2.17. The Morgan fingerprint density at radius 1 is 0.900 bits per heavy atom. The molecule has 0 saturated carbocycles. The van der Waals surface area contributed by atoms with Crippen molar-refractivity contribution in [3.8, 4) is 34.3 Å². The lowest BCUT2D eigenvalue weighted by atomic mass is 9.98. The normalized spacial score (nSPS) is 10.4. The molecule has 0 N–H and O–H groups in total. The van der Waals surface area contributed by atoms with Crippen LogP contribution in [0.4, 0.5) is 0 Å². The van der Waals surface area contributed by atoms with Gasteiger partial charge in [-0.15, -0.1) is 0 Å². The number of rotatable bonds is 5. The van der Waals surface area contributed by atoms with E-state index < -0.39 is 0 Å². The van der Waals surface area contributed by atoms with Gasteiger partial charge in [0.1, 0.15) is 18.2 Å². The molecule has 3 aromatic carbocycles. The van der Waals surface area contributed by atoms with Gasteiger partial charge in [0.2, 0.25) is 5.88 Å². The van der Waals surface area contributed by atoms with Crippen molar-refractivity contribution in [3.63, 3.8) is 0 Å². The third-order valence-corrected chi connectivity index (χ3v) is 5.07. The molecule has 0 saturated heterocycles. The number of pyridine rings is 1. The van der Waals surface area contributed by atoms with Crippen molar-refractivity contribution >= 4 is 11.6 Å². The number of aromatic nitrogens is 1. The van der Waals surface area contributed by atoms with E-state index in [4.69, 9.17) is 21.3 Å². The number of nitriles is 1. The fourth-order valence-corrected chi connectivity index (χ4v) is 3.32. The molecule has 0 amide bonds. The predicted molar refractivity (Wildman–Crippen MR) is 120 cm³/mol. The van der Waals surface area contributed by atoms with Gasteiger partial charge in [-0.2, -0.15) is 5.26 Å². The summed E-state index contributed by atoms with van der Waals surface area (Å²) in [4.78, 5) is 4.69. The molecule has 0 radical (unpaired) electrons. The maximum atomic E-state index is 9.91. The molecule has 146 valence electrons. The molecule has 0 unspecified atom stereocenters. The van der Waals surface area contributed by atoms with Crippen LogP contribution in [0.25, 0.3) is 22.4 Å². The Bertz CT molecular complexity index is 1190. The number of halogens is 1. The minimum absolute atomic E-state index is 0.323. The molecule has 0 bridgehead atoms. The summed E-state index contributed by atoms with van der Waals surface area (Å²) in [6, 6.07) is 29.6. The van der Waals surface area contributed by atoms with Gasteiger partial charge in [0.05, 0.1) is 5.69 Å². The van der Waals surface area contributed by atoms with Gasteiger partial charge in [0.25, 0.3) is 0 Å². The second kappa shape index (κ2) is 8.82. The monoisotopic (exact) mass is 410 g/mol. The number of hydrogen-bond donors (Lipinski definition) is 0. The summed E-state index contributed by atoms with van der Waals surface area (Å²) in [5.74, 6) is 0.323. The topological polar surface area (TPSA) is 45.9 Å². The van der Waals surface area contributed by atoms with Crippen LogP contribution in [0.2, 0.25) is 5.02 Å². The average Bonchev–Trinajstić information content (AvgIpc) is 2.79. The Kier molecular flexibility index (Phi) is 5.79. The number of nitrogens with zero attached hydrogens (tertiary/aromatic N) is 2. The summed E-state index contributed by atoms with van der Waals surface area (Å²) in [6.45, 7) is 2.38. The second-order valence-corrected chi connectivity index (χ2v) is 7.43. The number of aryl methyl sites for hydroxylation is 1. The standard InChI is InChI=1S/C26H19ClN2O/c1-18-7-9-21(10-8-18)25-15-23(20-11-13-22(27)14-12-20)24(16-28)26(29-25)30-17-19-5-3-2-4-6-19/h2-15H,17H2,1H3. The van der Waals surface area contributed by atoms with Crippen molar-refractivity contribution in [1.29, 1.82) is 5.26 Å². The van der Waals surface area contributed by atoms with E-state index in [0.29, 0.717) is 23.1 Å². The van der Waals surface area contributed by atoms with Gasteiger partial charge in [-0.25, -0.2) is 4.98 Å². The Morgan fingerprint density at radius 2 is 1.57 bits per heavy atom. The zero-order valence-corrected chi connectivity index (χ0v) is 17.2. The van der Waals surface area contributed by atoms with Crippen molar-refractivity contribution in [3.05, 3.63) is 107 Å². The summed E-state index contributed by atoms with van der Waals surface area (Å²) in [7, 11) is 0. The quantitative estimate of drug-likeness (QED) is 0.362. The SMILES string of the molecule is Cc1ccc(-c2cc(-c3ccc(Cl)cc3)c(C#N)c(OCc3ccccc3)n2)cc1. The van der Waals surface area contributed by atoms with E-state index in [0.717, 1.165) is 27.9 Å². The zero-order chi connectivity index (χ0) is 20.9. The Labute approximate surface area is 181 Å². The third-order valence-electron chi connectivity index (χ3n) is 4.82. The van der Waals surface area contributed by atoms with Crippen LogP contribution in [0.1, 0.15) is 16.7 Å². The second-order valence-electron chi connectivity index (χ2n) is 6.99. The summed E-state index contributed by atoms with van der Waals surface area (Å²) >= 11 is 6.06. The molecular formula is C26H19ClN2O. The van der Waals surface area contributed by atoms with Crippen molar-refractivity contribution in [1.82, 2.24) is 4.98 Å². The Balaban J connectivity index is 1.83. The molecule has 4 rings (SSSR count). The minimum Gasteiger partial charge on any atom is -0.472 e. The predicted octanol–water partition coefficient (Wildman–Crippen LogP) is 6.83. The van der Waals surface area contributed by atoms with Gasteiger partial charge in [-0.3, -0.25) is 0 Å². The van der Waals surface area contributed by atoms with Crippen LogP contribution >= 0.6 is 11.6 Å². The highest BCUT2D eigenvalue weighted by molar-refractivity contribution is 6.30. The fraction of sp³-hybridized carbons (Fsp3) is 0.0769. The molecule has 1 aromatic heterocycles. The molecule has 4 heteroatoms. The van der Waals surface area contributed by atoms with E-state index in [1.54, 1.807) is 0 Å². The van der Waals surface area contributed by atoms with E-state index in [9.17, 15) is 5.26 Å². The van der Waals surface area contributed by atoms with Crippen LogP contribution in [0.5, 0.6) is 5.88 Å². The summed E-state index contributed by atoms with van der Waals surface area (Å²) in [5.41, 5.74) is 5.96. The maximum absolute atomic E-state index is 9.91. The van der Waals surface area contributed by atoms with Gasteiger partial charge in [0.15, 0.2) is 0 Å². The Morgan fingerprint density at radius 3 is 2.23 bits per heavy atom. The van der Waals surface area contributed by atoms with Crippen LogP contribution in [0.3, 0.4) is 0 Å². The summed E-state index contributed by atoms with van der Waals surface area (Å²) < 4.78 is 6.03. The van der Waals surface area contributed by atoms with Crippen molar-refractivity contribution in [2.45, 2.75) is 13.5 Å². The smallest absolute Gasteiger partial charge is 0.233 e. The number of benzene rings is 3. The third kappa shape index (κ3) is 4.35. The first-order valence-electron chi connectivity index (χ1n) is 9.59. The minimum atomic E-state index is 0.323. The van der Waals surface area contributed by atoms with E-state index in [1.165, 1.54) is 5.56 Å². The van der Waals surface area contributed by atoms with Crippen LogP contribution in [-0.4, -0.2) is 4.98 Å². The Hall–Kier alpha value is -3.61. The van der Waals surface area contributed by atoms with Gasteiger partial charge in [-0.1, -0.05) is 83.9 Å². The van der Waals surface area contributed by atoms with Gasteiger partial charge >= 0.3 is 0 Å². The van der Waals surface area contributed by atoms with Crippen LogP contribution in [0.15, 0.2) is 84.9 Å². The van der Waals surface area contributed by atoms with Crippen LogP contribution in [0, 0.1) is 18.3 Å². The molecule has 0 aliphatic carbocycles. The first-order chi connectivity index (χ1) is 14.6. The highest BCUT2D eigenvalue weighted by atomic mass is 35.5. The largest absolute Gasteiger partial charge is 0.472 e. The average molecular weight is 411 g/mol. The molecule has 0 aliphatic heterocycles. The molecule has 3 nitrogen and oxygen atoms in total.